The van der Waals surface area contributed by atoms with Crippen molar-refractivity contribution in [1.29, 1.82) is 0 Å². The first-order chi connectivity index (χ1) is 12.1. The van der Waals surface area contributed by atoms with Gasteiger partial charge in [-0.1, -0.05) is 0 Å². The highest BCUT2D eigenvalue weighted by Crippen LogP contribution is 2.38. The Morgan fingerprint density at radius 3 is 2.84 bits per heavy atom. The normalized spacial score (nSPS) is 26.0. The molecule has 1 saturated carbocycles. The van der Waals surface area contributed by atoms with Crippen molar-refractivity contribution < 1.29 is 4.79 Å². The molecule has 0 aromatic carbocycles. The van der Waals surface area contributed by atoms with Gasteiger partial charge in [-0.3, -0.25) is 9.48 Å². The van der Waals surface area contributed by atoms with Gasteiger partial charge in [-0.25, -0.2) is 4.98 Å². The lowest BCUT2D eigenvalue weighted by Gasteiger charge is -2.36. The Kier molecular flexibility index (Phi) is 4.29. The van der Waals surface area contributed by atoms with Crippen molar-refractivity contribution in [3.63, 3.8) is 0 Å². The third-order valence-electron chi connectivity index (χ3n) is 5.70. The van der Waals surface area contributed by atoms with Crippen molar-refractivity contribution in [2.75, 3.05) is 11.9 Å². The zero-order valence-corrected chi connectivity index (χ0v) is 14.7. The maximum absolute atomic E-state index is 12.6. The monoisotopic (exact) mass is 339 g/mol. The van der Waals surface area contributed by atoms with Crippen molar-refractivity contribution in [2.45, 2.75) is 44.1 Å². The molecule has 6 heteroatoms. The van der Waals surface area contributed by atoms with Crippen LogP contribution in [-0.4, -0.2) is 32.8 Å². The number of hydrogen-bond donors (Lipinski definition) is 2. The third-order valence-corrected chi connectivity index (χ3v) is 5.70. The minimum atomic E-state index is 0.0943. The standard InChI is InChI=1S/C19H25N5O/c1-24-13-16(12-22-24)15-5-10-20-17(11-15)23-18(25)14-3-7-19(8-4-14)6-2-9-21-19/h5,10-14,21H,2-4,6-9H2,1H3,(H,20,23,25). The first-order valence-electron chi connectivity index (χ1n) is 9.15. The van der Waals surface area contributed by atoms with Crippen LogP contribution in [0.15, 0.2) is 30.7 Å². The van der Waals surface area contributed by atoms with Crippen LogP contribution in [-0.2, 0) is 11.8 Å². The summed E-state index contributed by atoms with van der Waals surface area (Å²) in [5.41, 5.74) is 2.35. The molecule has 2 aliphatic rings. The topological polar surface area (TPSA) is 71.8 Å². The Bertz CT molecular complexity index is 753. The molecule has 132 valence electrons. The molecular formula is C19H25N5O. The molecule has 4 rings (SSSR count). The molecule has 0 radical (unpaired) electrons. The molecule has 1 aliphatic heterocycles. The molecule has 2 fully saturated rings. The lowest BCUT2D eigenvalue weighted by atomic mass is 9.75. The van der Waals surface area contributed by atoms with E-state index in [2.05, 4.69) is 20.7 Å². The van der Waals surface area contributed by atoms with Gasteiger partial charge >= 0.3 is 0 Å². The second-order valence-electron chi connectivity index (χ2n) is 7.41. The maximum Gasteiger partial charge on any atom is 0.228 e. The zero-order chi connectivity index (χ0) is 17.3. The second kappa shape index (κ2) is 6.59. The zero-order valence-electron chi connectivity index (χ0n) is 14.7. The molecule has 0 atom stereocenters. The van der Waals surface area contributed by atoms with Crippen LogP contribution in [0, 0.1) is 5.92 Å². The lowest BCUT2D eigenvalue weighted by Crippen LogP contribution is -2.44. The predicted molar refractivity (Wildman–Crippen MR) is 97.0 cm³/mol. The van der Waals surface area contributed by atoms with Crippen LogP contribution in [0.3, 0.4) is 0 Å². The van der Waals surface area contributed by atoms with Crippen LogP contribution in [0.2, 0.25) is 0 Å². The summed E-state index contributed by atoms with van der Waals surface area (Å²) in [6.45, 7) is 1.13. The fraction of sp³-hybridized carbons (Fsp3) is 0.526. The average molecular weight is 339 g/mol. The van der Waals surface area contributed by atoms with Crippen LogP contribution in [0.1, 0.15) is 38.5 Å². The van der Waals surface area contributed by atoms with Crippen molar-refractivity contribution in [2.24, 2.45) is 13.0 Å². The second-order valence-corrected chi connectivity index (χ2v) is 7.41. The summed E-state index contributed by atoms with van der Waals surface area (Å²) in [5, 5.41) is 10.9. The Morgan fingerprint density at radius 2 is 2.16 bits per heavy atom. The minimum absolute atomic E-state index is 0.0943. The van der Waals surface area contributed by atoms with E-state index in [0.717, 1.165) is 43.4 Å². The summed E-state index contributed by atoms with van der Waals surface area (Å²) < 4.78 is 1.77. The molecule has 2 N–H and O–H groups in total. The van der Waals surface area contributed by atoms with Gasteiger partial charge in [0.25, 0.3) is 0 Å². The highest BCUT2D eigenvalue weighted by Gasteiger charge is 2.39. The Morgan fingerprint density at radius 1 is 1.32 bits per heavy atom. The number of aryl methyl sites for hydroxylation is 1. The number of hydrogen-bond acceptors (Lipinski definition) is 4. The maximum atomic E-state index is 12.6. The van der Waals surface area contributed by atoms with Gasteiger partial charge in [-0.05, 0) is 62.8 Å². The van der Waals surface area contributed by atoms with Crippen molar-refractivity contribution in [3.05, 3.63) is 30.7 Å². The quantitative estimate of drug-likeness (QED) is 0.902. The van der Waals surface area contributed by atoms with Gasteiger partial charge in [0.1, 0.15) is 5.82 Å². The summed E-state index contributed by atoms with van der Waals surface area (Å²) in [6, 6.07) is 3.85. The van der Waals surface area contributed by atoms with Crippen molar-refractivity contribution in [3.8, 4) is 11.1 Å². The molecule has 6 nitrogen and oxygen atoms in total. The number of pyridine rings is 1. The average Bonchev–Trinajstić information content (AvgIpc) is 3.25. The number of aromatic nitrogens is 3. The summed E-state index contributed by atoms with van der Waals surface area (Å²) in [7, 11) is 1.89. The van der Waals surface area contributed by atoms with Crippen LogP contribution in [0.4, 0.5) is 5.82 Å². The molecule has 0 unspecified atom stereocenters. The molecular weight excluding hydrogens is 314 g/mol. The predicted octanol–water partition coefficient (Wildman–Crippen LogP) is 2.73. The smallest absolute Gasteiger partial charge is 0.228 e. The van der Waals surface area contributed by atoms with E-state index in [1.807, 2.05) is 31.6 Å². The van der Waals surface area contributed by atoms with E-state index in [9.17, 15) is 4.79 Å². The fourth-order valence-electron chi connectivity index (χ4n) is 4.21. The minimum Gasteiger partial charge on any atom is -0.311 e. The molecule has 0 bridgehead atoms. The van der Waals surface area contributed by atoms with Gasteiger partial charge in [0, 0.05) is 36.5 Å². The first kappa shape index (κ1) is 16.3. The van der Waals surface area contributed by atoms with Crippen LogP contribution in [0.5, 0.6) is 0 Å². The van der Waals surface area contributed by atoms with Gasteiger partial charge < -0.3 is 10.6 Å². The Balaban J connectivity index is 1.40. The molecule has 2 aromatic rings. The lowest BCUT2D eigenvalue weighted by molar-refractivity contribution is -0.121. The number of nitrogens with one attached hydrogen (secondary N) is 2. The highest BCUT2D eigenvalue weighted by atomic mass is 16.1. The number of anilines is 1. The van der Waals surface area contributed by atoms with Crippen molar-refractivity contribution in [1.82, 2.24) is 20.1 Å². The largest absolute Gasteiger partial charge is 0.311 e. The Labute approximate surface area is 148 Å². The van der Waals surface area contributed by atoms with E-state index in [0.29, 0.717) is 11.4 Å². The van der Waals surface area contributed by atoms with Crippen molar-refractivity contribution >= 4 is 11.7 Å². The molecule has 1 amide bonds. The molecule has 3 heterocycles. The number of amides is 1. The van der Waals surface area contributed by atoms with Crippen LogP contribution >= 0.6 is 0 Å². The summed E-state index contributed by atoms with van der Waals surface area (Å²) in [4.78, 5) is 16.9. The number of nitrogens with zero attached hydrogens (tertiary/aromatic N) is 3. The van der Waals surface area contributed by atoms with Gasteiger partial charge in [-0.2, -0.15) is 5.10 Å². The summed E-state index contributed by atoms with van der Waals surface area (Å²) in [6.07, 6.45) is 12.2. The molecule has 1 spiro atoms. The van der Waals surface area contributed by atoms with E-state index in [1.165, 1.54) is 12.8 Å². The molecule has 1 saturated heterocycles. The SMILES string of the molecule is Cn1cc(-c2ccnc(NC(=O)C3CCC4(CCCN4)CC3)c2)cn1. The van der Waals surface area contributed by atoms with Gasteiger partial charge in [0.05, 0.1) is 6.20 Å². The number of carbonyl (C=O) groups is 1. The molecule has 1 aliphatic carbocycles. The summed E-state index contributed by atoms with van der Waals surface area (Å²) >= 11 is 0. The van der Waals surface area contributed by atoms with E-state index in [-0.39, 0.29) is 11.8 Å². The van der Waals surface area contributed by atoms with Gasteiger partial charge in [0.15, 0.2) is 0 Å². The third kappa shape index (κ3) is 3.44. The highest BCUT2D eigenvalue weighted by molar-refractivity contribution is 5.92. The number of carbonyl (C=O) groups excluding carboxylic acids is 1. The molecule has 2 aromatic heterocycles. The van der Waals surface area contributed by atoms with E-state index in [4.69, 9.17) is 0 Å². The van der Waals surface area contributed by atoms with Crippen LogP contribution in [0.25, 0.3) is 11.1 Å². The fourth-order valence-corrected chi connectivity index (χ4v) is 4.21. The Hall–Kier alpha value is -2.21. The van der Waals surface area contributed by atoms with E-state index >= 15 is 0 Å². The van der Waals surface area contributed by atoms with E-state index < -0.39 is 0 Å². The molecule has 25 heavy (non-hydrogen) atoms. The van der Waals surface area contributed by atoms with Crippen LogP contribution < -0.4 is 10.6 Å². The van der Waals surface area contributed by atoms with E-state index in [1.54, 1.807) is 10.9 Å². The number of rotatable bonds is 3. The first-order valence-corrected chi connectivity index (χ1v) is 9.15. The summed E-state index contributed by atoms with van der Waals surface area (Å²) in [5.74, 6) is 0.811. The van der Waals surface area contributed by atoms with Gasteiger partial charge in [0.2, 0.25) is 5.91 Å². The van der Waals surface area contributed by atoms with Gasteiger partial charge in [-0.15, -0.1) is 0 Å².